The molecule has 0 radical (unpaired) electrons. The maximum absolute atomic E-state index is 11.3. The highest BCUT2D eigenvalue weighted by molar-refractivity contribution is 6.31. The molecule has 1 rings (SSSR count). The van der Waals surface area contributed by atoms with Crippen molar-refractivity contribution in [3.05, 3.63) is 46.3 Å². The maximum atomic E-state index is 11.3. The zero-order chi connectivity index (χ0) is 13.9. The van der Waals surface area contributed by atoms with Gasteiger partial charge in [0.05, 0.1) is 0 Å². The molecular formula is C12H13N5O2. The lowest BCUT2D eigenvalue weighted by Crippen LogP contribution is -2.13. The lowest BCUT2D eigenvalue weighted by atomic mass is 10.1. The average molecular weight is 259 g/mol. The fraction of sp³-hybridized carbons (Fsp3) is 0.167. The first kappa shape index (κ1) is 14.3. The molecule has 0 spiro atoms. The summed E-state index contributed by atoms with van der Waals surface area (Å²) in [5.74, 6) is -0.516. The molecule has 1 amide bonds. The number of amides is 1. The van der Waals surface area contributed by atoms with Crippen LogP contribution in [0.25, 0.3) is 16.5 Å². The third kappa shape index (κ3) is 5.38. The molecule has 98 valence electrons. The van der Waals surface area contributed by atoms with Crippen molar-refractivity contribution in [2.75, 3.05) is 11.9 Å². The van der Waals surface area contributed by atoms with E-state index in [0.29, 0.717) is 18.7 Å². The number of anilines is 1. The average Bonchev–Trinajstić information content (AvgIpc) is 2.40. The first-order chi connectivity index (χ1) is 9.27. The molecule has 0 heterocycles. The molecule has 1 aromatic rings. The molecule has 0 bridgehead atoms. The summed E-state index contributed by atoms with van der Waals surface area (Å²) < 4.78 is 0. The Labute approximate surface area is 109 Å². The van der Waals surface area contributed by atoms with Gasteiger partial charge in [0.15, 0.2) is 0 Å². The van der Waals surface area contributed by atoms with Crippen LogP contribution < -0.4 is 5.32 Å². The second kappa shape index (κ2) is 8.32. The molecule has 7 nitrogen and oxygen atoms in total. The Morgan fingerprint density at radius 3 is 3.00 bits per heavy atom. The topological polar surface area (TPSA) is 110 Å². The molecular weight excluding hydrogens is 246 g/mol. The predicted octanol–water partition coefficient (Wildman–Crippen LogP) is 2.80. The van der Waals surface area contributed by atoms with Crippen LogP contribution in [0.5, 0.6) is 0 Å². The van der Waals surface area contributed by atoms with Gasteiger partial charge in [-0.1, -0.05) is 40.6 Å². The summed E-state index contributed by atoms with van der Waals surface area (Å²) in [6.45, 7) is 0.388. The second-order valence-corrected chi connectivity index (χ2v) is 3.47. The number of carbonyl (C=O) groups excluding carboxylic acids is 1. The zero-order valence-corrected chi connectivity index (χ0v) is 10.1. The monoisotopic (exact) mass is 259 g/mol. The smallest absolute Gasteiger partial charge is 0.270 e. The largest absolute Gasteiger partial charge is 0.411 e. The number of hydrogen-bond acceptors (Lipinski definition) is 4. The van der Waals surface area contributed by atoms with Crippen LogP contribution in [0.2, 0.25) is 0 Å². The van der Waals surface area contributed by atoms with Gasteiger partial charge in [-0.05, 0) is 23.6 Å². The van der Waals surface area contributed by atoms with Crippen LogP contribution in [-0.4, -0.2) is 23.9 Å². The Hall–Kier alpha value is -2.79. The fourth-order valence-corrected chi connectivity index (χ4v) is 1.36. The maximum Gasteiger partial charge on any atom is 0.270 e. The van der Waals surface area contributed by atoms with Crippen molar-refractivity contribution in [1.29, 1.82) is 0 Å². The van der Waals surface area contributed by atoms with E-state index >= 15 is 0 Å². The van der Waals surface area contributed by atoms with Crippen LogP contribution in [-0.2, 0) is 4.79 Å². The van der Waals surface area contributed by atoms with E-state index in [1.54, 1.807) is 12.1 Å². The van der Waals surface area contributed by atoms with Crippen LogP contribution >= 0.6 is 0 Å². The molecule has 0 unspecified atom stereocenters. The minimum atomic E-state index is -0.516. The Morgan fingerprint density at radius 1 is 1.47 bits per heavy atom. The molecule has 1 aromatic carbocycles. The summed E-state index contributed by atoms with van der Waals surface area (Å²) >= 11 is 0. The number of nitrogens with one attached hydrogen (secondary N) is 1. The number of oxime groups is 1. The van der Waals surface area contributed by atoms with Gasteiger partial charge in [-0.15, -0.1) is 0 Å². The van der Waals surface area contributed by atoms with Gasteiger partial charge in [-0.2, -0.15) is 0 Å². The van der Waals surface area contributed by atoms with E-state index in [9.17, 15) is 4.79 Å². The second-order valence-electron chi connectivity index (χ2n) is 3.47. The number of para-hydroxylation sites is 1. The van der Waals surface area contributed by atoms with Crippen LogP contribution in [0.15, 0.2) is 40.6 Å². The van der Waals surface area contributed by atoms with Crippen molar-refractivity contribution in [3.8, 4) is 0 Å². The molecule has 0 fully saturated rings. The van der Waals surface area contributed by atoms with Crippen molar-refractivity contribution >= 4 is 23.9 Å². The normalized spacial score (nSPS) is 10.5. The van der Waals surface area contributed by atoms with Gasteiger partial charge >= 0.3 is 0 Å². The van der Waals surface area contributed by atoms with E-state index in [0.717, 1.165) is 11.8 Å². The molecule has 19 heavy (non-hydrogen) atoms. The van der Waals surface area contributed by atoms with E-state index in [2.05, 4.69) is 20.5 Å². The SMILES string of the molecule is [N-]=[N+]=NCCC=Cc1ccccc1NC(=O)C=NO. The number of benzene rings is 1. The summed E-state index contributed by atoms with van der Waals surface area (Å²) in [6.07, 6.45) is 5.06. The molecule has 2 N–H and O–H groups in total. The van der Waals surface area contributed by atoms with Gasteiger partial charge in [-0.25, -0.2) is 0 Å². The van der Waals surface area contributed by atoms with Crippen molar-refractivity contribution in [3.63, 3.8) is 0 Å². The number of carbonyl (C=O) groups is 1. The van der Waals surface area contributed by atoms with Crippen LogP contribution in [0, 0.1) is 0 Å². The summed E-state index contributed by atoms with van der Waals surface area (Å²) in [6, 6.07) is 7.18. The Morgan fingerprint density at radius 2 is 2.26 bits per heavy atom. The first-order valence-corrected chi connectivity index (χ1v) is 5.52. The number of hydrogen-bond donors (Lipinski definition) is 2. The zero-order valence-electron chi connectivity index (χ0n) is 10.1. The van der Waals surface area contributed by atoms with Gasteiger partial charge in [0.2, 0.25) is 0 Å². The summed E-state index contributed by atoms with van der Waals surface area (Å²) in [5, 5.41) is 16.9. The first-order valence-electron chi connectivity index (χ1n) is 5.52. The lowest BCUT2D eigenvalue weighted by Gasteiger charge is -2.05. The molecule has 0 aliphatic rings. The Bertz CT molecular complexity index is 533. The molecule has 0 aliphatic carbocycles. The highest BCUT2D eigenvalue weighted by atomic mass is 16.4. The van der Waals surface area contributed by atoms with Gasteiger partial charge in [0, 0.05) is 17.1 Å². The quantitative estimate of drug-likeness (QED) is 0.156. The Kier molecular flexibility index (Phi) is 6.25. The molecule has 0 saturated heterocycles. The van der Waals surface area contributed by atoms with Crippen LogP contribution in [0.1, 0.15) is 12.0 Å². The summed E-state index contributed by atoms with van der Waals surface area (Å²) in [7, 11) is 0. The third-order valence-corrected chi connectivity index (χ3v) is 2.15. The number of nitrogens with zero attached hydrogens (tertiary/aromatic N) is 4. The van der Waals surface area contributed by atoms with Gasteiger partial charge < -0.3 is 10.5 Å². The van der Waals surface area contributed by atoms with Gasteiger partial charge in [-0.3, -0.25) is 4.79 Å². The summed E-state index contributed by atoms with van der Waals surface area (Å²) in [4.78, 5) is 13.9. The highest BCUT2D eigenvalue weighted by Gasteiger charge is 2.02. The molecule has 0 aromatic heterocycles. The van der Waals surface area contributed by atoms with E-state index in [4.69, 9.17) is 10.7 Å². The van der Waals surface area contributed by atoms with Crippen LogP contribution in [0.3, 0.4) is 0 Å². The van der Waals surface area contributed by atoms with E-state index in [1.807, 2.05) is 24.3 Å². The van der Waals surface area contributed by atoms with Crippen molar-refractivity contribution in [1.82, 2.24) is 0 Å². The third-order valence-electron chi connectivity index (χ3n) is 2.15. The Balaban J connectivity index is 2.72. The van der Waals surface area contributed by atoms with Crippen molar-refractivity contribution < 1.29 is 10.0 Å². The minimum absolute atomic E-state index is 0.388. The lowest BCUT2D eigenvalue weighted by molar-refractivity contribution is -0.110. The van der Waals surface area contributed by atoms with E-state index in [-0.39, 0.29) is 0 Å². The standard InChI is InChI=1S/C12H13N5O2/c13-17-14-8-4-3-6-10-5-1-2-7-11(10)16-12(18)9-15-19/h1-3,5-7,9,19H,4,8H2,(H,16,18). The van der Waals surface area contributed by atoms with Crippen LogP contribution in [0.4, 0.5) is 5.69 Å². The predicted molar refractivity (Wildman–Crippen MR) is 73.0 cm³/mol. The molecule has 0 atom stereocenters. The number of azide groups is 1. The highest BCUT2D eigenvalue weighted by Crippen LogP contribution is 2.16. The summed E-state index contributed by atoms with van der Waals surface area (Å²) in [5.41, 5.74) is 9.54. The molecule has 0 saturated carbocycles. The fourth-order valence-electron chi connectivity index (χ4n) is 1.36. The van der Waals surface area contributed by atoms with Gasteiger partial charge in [0.25, 0.3) is 5.91 Å². The molecule has 0 aliphatic heterocycles. The number of rotatable bonds is 6. The van der Waals surface area contributed by atoms with E-state index < -0.39 is 5.91 Å². The van der Waals surface area contributed by atoms with Crippen molar-refractivity contribution in [2.24, 2.45) is 10.3 Å². The minimum Gasteiger partial charge on any atom is -0.411 e. The molecule has 7 heteroatoms. The van der Waals surface area contributed by atoms with Gasteiger partial charge in [0.1, 0.15) is 6.21 Å². The van der Waals surface area contributed by atoms with E-state index in [1.165, 1.54) is 0 Å². The van der Waals surface area contributed by atoms with Crippen molar-refractivity contribution in [2.45, 2.75) is 6.42 Å².